The van der Waals surface area contributed by atoms with E-state index in [1.54, 1.807) is 0 Å². The van der Waals surface area contributed by atoms with Gasteiger partial charge in [-0.05, 0) is 12.8 Å². The Kier molecular flexibility index (Phi) is 2.09. The van der Waals surface area contributed by atoms with Gasteiger partial charge in [-0.25, -0.2) is 4.98 Å². The molecule has 0 bridgehead atoms. The number of oxazole rings is 1. The quantitative estimate of drug-likeness (QED) is 0.825. The molecule has 3 nitrogen and oxygen atoms in total. The number of nitrogens with zero attached hydrogens (tertiary/aromatic N) is 1. The molecule has 2 heterocycles. The van der Waals surface area contributed by atoms with E-state index >= 15 is 0 Å². The molecule has 2 aliphatic rings. The molecule has 2 fully saturated rings. The Morgan fingerprint density at radius 2 is 2.00 bits per heavy atom. The van der Waals surface area contributed by atoms with E-state index in [2.05, 4.69) is 19.2 Å². The van der Waals surface area contributed by atoms with E-state index in [-0.39, 0.29) is 0 Å². The van der Waals surface area contributed by atoms with Crippen LogP contribution in [-0.2, 0) is 0 Å². The lowest BCUT2D eigenvalue weighted by atomic mass is 10.0. The normalized spacial score (nSPS) is 22.1. The molecule has 0 unspecified atom stereocenters. The third kappa shape index (κ3) is 1.59. The molecule has 3 rings (SSSR count). The average Bonchev–Trinajstić information content (AvgIpc) is 2.85. The van der Waals surface area contributed by atoms with Crippen LogP contribution in [0.25, 0.3) is 0 Å². The molecule has 3 heteroatoms. The maximum Gasteiger partial charge on any atom is 0.200 e. The first-order valence-corrected chi connectivity index (χ1v) is 5.97. The monoisotopic (exact) mass is 206 g/mol. The van der Waals surface area contributed by atoms with Gasteiger partial charge in [0.1, 0.15) is 5.76 Å². The van der Waals surface area contributed by atoms with Crippen molar-refractivity contribution in [1.82, 2.24) is 10.3 Å². The van der Waals surface area contributed by atoms with Crippen molar-refractivity contribution >= 4 is 0 Å². The third-order valence-corrected chi connectivity index (χ3v) is 3.32. The van der Waals surface area contributed by atoms with Gasteiger partial charge in [0.2, 0.25) is 0 Å². The fourth-order valence-corrected chi connectivity index (χ4v) is 2.06. The highest BCUT2D eigenvalue weighted by atomic mass is 16.4. The maximum atomic E-state index is 5.93. The number of hydrogen-bond donors (Lipinski definition) is 1. The minimum Gasteiger partial charge on any atom is -0.445 e. The van der Waals surface area contributed by atoms with E-state index in [0.29, 0.717) is 17.8 Å². The van der Waals surface area contributed by atoms with Gasteiger partial charge in [0, 0.05) is 24.9 Å². The fourth-order valence-electron chi connectivity index (χ4n) is 2.06. The van der Waals surface area contributed by atoms with Crippen molar-refractivity contribution in [2.24, 2.45) is 0 Å². The van der Waals surface area contributed by atoms with Crippen LogP contribution in [0.3, 0.4) is 0 Å². The standard InChI is InChI=1S/C12H18N2O/c1-7(2)11-10(8-3-4-8)14-12(15-11)9-5-13-6-9/h7-9,13H,3-6H2,1-2H3. The lowest BCUT2D eigenvalue weighted by Crippen LogP contribution is -2.40. The smallest absolute Gasteiger partial charge is 0.200 e. The van der Waals surface area contributed by atoms with E-state index in [1.807, 2.05) is 0 Å². The van der Waals surface area contributed by atoms with Gasteiger partial charge < -0.3 is 9.73 Å². The second-order valence-corrected chi connectivity index (χ2v) is 5.09. The number of nitrogens with one attached hydrogen (secondary N) is 1. The van der Waals surface area contributed by atoms with Gasteiger partial charge in [0.25, 0.3) is 0 Å². The molecule has 82 valence electrons. The molecule has 1 aromatic rings. The summed E-state index contributed by atoms with van der Waals surface area (Å²) in [7, 11) is 0. The van der Waals surface area contributed by atoms with Crippen LogP contribution in [0.2, 0.25) is 0 Å². The molecular weight excluding hydrogens is 188 g/mol. The van der Waals surface area contributed by atoms with Crippen LogP contribution in [0.15, 0.2) is 4.42 Å². The summed E-state index contributed by atoms with van der Waals surface area (Å²) >= 11 is 0. The zero-order valence-electron chi connectivity index (χ0n) is 9.42. The highest BCUT2D eigenvalue weighted by molar-refractivity contribution is 5.24. The second-order valence-electron chi connectivity index (χ2n) is 5.09. The van der Waals surface area contributed by atoms with E-state index in [4.69, 9.17) is 9.40 Å². The van der Waals surface area contributed by atoms with Crippen LogP contribution in [0.1, 0.15) is 61.8 Å². The van der Waals surface area contributed by atoms with Gasteiger partial charge in [-0.15, -0.1) is 0 Å². The zero-order chi connectivity index (χ0) is 10.4. The first-order valence-electron chi connectivity index (χ1n) is 5.97. The van der Waals surface area contributed by atoms with Crippen molar-refractivity contribution in [2.45, 2.75) is 44.4 Å². The lowest BCUT2D eigenvalue weighted by molar-refractivity contribution is 0.340. The molecule has 1 aliphatic carbocycles. The van der Waals surface area contributed by atoms with E-state index in [0.717, 1.165) is 24.7 Å². The van der Waals surface area contributed by atoms with Gasteiger partial charge in [-0.3, -0.25) is 0 Å². The van der Waals surface area contributed by atoms with Gasteiger partial charge in [0.05, 0.1) is 11.6 Å². The number of aromatic nitrogens is 1. The van der Waals surface area contributed by atoms with Crippen LogP contribution in [0.4, 0.5) is 0 Å². The van der Waals surface area contributed by atoms with E-state index in [9.17, 15) is 0 Å². The first kappa shape index (κ1) is 9.40. The average molecular weight is 206 g/mol. The van der Waals surface area contributed by atoms with Crippen molar-refractivity contribution in [2.75, 3.05) is 13.1 Å². The van der Waals surface area contributed by atoms with Gasteiger partial charge in [0.15, 0.2) is 5.89 Å². The lowest BCUT2D eigenvalue weighted by Gasteiger charge is -2.23. The van der Waals surface area contributed by atoms with Crippen LogP contribution in [-0.4, -0.2) is 18.1 Å². The molecule has 0 aromatic carbocycles. The highest BCUT2D eigenvalue weighted by Crippen LogP contribution is 2.43. The van der Waals surface area contributed by atoms with Crippen LogP contribution in [0.5, 0.6) is 0 Å². The van der Waals surface area contributed by atoms with Gasteiger partial charge >= 0.3 is 0 Å². The minimum atomic E-state index is 0.467. The second kappa shape index (κ2) is 3.34. The van der Waals surface area contributed by atoms with Gasteiger partial charge in [-0.1, -0.05) is 13.8 Å². The third-order valence-electron chi connectivity index (χ3n) is 3.32. The van der Waals surface area contributed by atoms with Crippen LogP contribution < -0.4 is 5.32 Å². The molecule has 0 radical (unpaired) electrons. The summed E-state index contributed by atoms with van der Waals surface area (Å²) in [5.74, 6) is 3.80. The molecule has 0 spiro atoms. The Morgan fingerprint density at radius 3 is 2.47 bits per heavy atom. The molecule has 1 saturated carbocycles. The minimum absolute atomic E-state index is 0.467. The summed E-state index contributed by atoms with van der Waals surface area (Å²) in [5, 5.41) is 3.26. The van der Waals surface area contributed by atoms with Crippen molar-refractivity contribution < 1.29 is 4.42 Å². The van der Waals surface area contributed by atoms with Gasteiger partial charge in [-0.2, -0.15) is 0 Å². The fraction of sp³-hybridized carbons (Fsp3) is 0.750. The Labute approximate surface area is 90.3 Å². The number of hydrogen-bond acceptors (Lipinski definition) is 3. The maximum absolute atomic E-state index is 5.93. The highest BCUT2D eigenvalue weighted by Gasteiger charge is 2.34. The molecule has 1 aliphatic heterocycles. The van der Waals surface area contributed by atoms with E-state index < -0.39 is 0 Å². The van der Waals surface area contributed by atoms with Crippen molar-refractivity contribution in [3.05, 3.63) is 17.3 Å². The molecule has 1 saturated heterocycles. The molecular formula is C12H18N2O. The topological polar surface area (TPSA) is 38.1 Å². The molecule has 0 amide bonds. The van der Waals surface area contributed by atoms with Crippen LogP contribution >= 0.6 is 0 Å². The zero-order valence-corrected chi connectivity index (χ0v) is 9.42. The Balaban J connectivity index is 1.92. The Hall–Kier alpha value is -0.830. The molecule has 0 atom stereocenters. The summed E-state index contributed by atoms with van der Waals surface area (Å²) < 4.78 is 5.93. The van der Waals surface area contributed by atoms with E-state index in [1.165, 1.54) is 18.5 Å². The van der Waals surface area contributed by atoms with Crippen LogP contribution in [0, 0.1) is 0 Å². The summed E-state index contributed by atoms with van der Waals surface area (Å²) in [6, 6.07) is 0. The summed E-state index contributed by atoms with van der Waals surface area (Å²) in [6.07, 6.45) is 2.60. The summed E-state index contributed by atoms with van der Waals surface area (Å²) in [5.41, 5.74) is 1.26. The number of rotatable bonds is 3. The molecule has 1 aromatic heterocycles. The van der Waals surface area contributed by atoms with Crippen molar-refractivity contribution in [3.8, 4) is 0 Å². The Bertz CT molecular complexity index is 342. The summed E-state index contributed by atoms with van der Waals surface area (Å²) in [6.45, 7) is 6.44. The first-order chi connectivity index (χ1) is 7.25. The molecule has 15 heavy (non-hydrogen) atoms. The predicted molar refractivity (Wildman–Crippen MR) is 58.2 cm³/mol. The van der Waals surface area contributed by atoms with Crippen molar-refractivity contribution in [1.29, 1.82) is 0 Å². The molecule has 1 N–H and O–H groups in total. The predicted octanol–water partition coefficient (Wildman–Crippen LogP) is 2.36. The largest absolute Gasteiger partial charge is 0.445 e. The Morgan fingerprint density at radius 1 is 1.27 bits per heavy atom. The van der Waals surface area contributed by atoms with Crippen molar-refractivity contribution in [3.63, 3.8) is 0 Å². The summed E-state index contributed by atoms with van der Waals surface area (Å²) in [4.78, 5) is 4.71. The SMILES string of the molecule is CC(C)c1oc(C2CNC2)nc1C1CC1.